The fraction of sp³-hybridized carbons (Fsp3) is 0.619. The Morgan fingerprint density at radius 3 is 2.41 bits per heavy atom. The summed E-state index contributed by atoms with van der Waals surface area (Å²) < 4.78 is 10.9. The average Bonchev–Trinajstić information content (AvgIpc) is 3.27. The second-order valence-electron chi connectivity index (χ2n) is 7.71. The van der Waals surface area contributed by atoms with Gasteiger partial charge >= 0.3 is 11.8 Å². The van der Waals surface area contributed by atoms with Crippen LogP contribution in [0.5, 0.6) is 0 Å². The lowest BCUT2D eigenvalue weighted by atomic mass is 10.0. The van der Waals surface area contributed by atoms with Crippen LogP contribution in [0.1, 0.15) is 24.4 Å². The number of carbonyl (C=O) groups is 2. The molecule has 2 aliphatic heterocycles. The summed E-state index contributed by atoms with van der Waals surface area (Å²) >= 11 is 0. The van der Waals surface area contributed by atoms with Crippen molar-refractivity contribution in [1.82, 2.24) is 15.5 Å². The van der Waals surface area contributed by atoms with E-state index in [2.05, 4.69) is 39.8 Å². The normalized spacial score (nSPS) is 20.8. The third kappa shape index (κ3) is 6.16. The Labute approximate surface area is 172 Å². The van der Waals surface area contributed by atoms with Crippen molar-refractivity contribution >= 4 is 17.5 Å². The fourth-order valence-corrected chi connectivity index (χ4v) is 3.70. The zero-order valence-corrected chi connectivity index (χ0v) is 17.4. The molecule has 3 rings (SSSR count). The van der Waals surface area contributed by atoms with Crippen LogP contribution in [0.4, 0.5) is 5.69 Å². The lowest BCUT2D eigenvalue weighted by Crippen LogP contribution is -2.47. The minimum Gasteiger partial charge on any atom is -0.379 e. The van der Waals surface area contributed by atoms with Gasteiger partial charge in [0.15, 0.2) is 0 Å². The van der Waals surface area contributed by atoms with Crippen molar-refractivity contribution in [3.05, 3.63) is 29.8 Å². The Bertz CT molecular complexity index is 668. The highest BCUT2D eigenvalue weighted by Gasteiger charge is 2.25. The highest BCUT2D eigenvalue weighted by molar-refractivity contribution is 6.35. The van der Waals surface area contributed by atoms with E-state index in [0.29, 0.717) is 26.3 Å². The number of hydrogen-bond acceptors (Lipinski definition) is 6. The standard InChI is InChI=1S/C21H32N4O4/c1-24(2)17-7-5-16(6-8-17)19(25-9-12-28-13-10-25)15-23-21(27)20(26)22-14-18-4-3-11-29-18/h5-8,18-19H,3-4,9-15H2,1-2H3,(H,22,26)(H,23,27)/t18-,19-/m1/s1. The molecule has 8 heteroatoms. The van der Waals surface area contributed by atoms with Crippen molar-refractivity contribution in [2.75, 3.05) is 65.0 Å². The molecule has 2 aliphatic rings. The number of nitrogens with zero attached hydrogens (tertiary/aromatic N) is 2. The van der Waals surface area contributed by atoms with Crippen LogP contribution >= 0.6 is 0 Å². The molecule has 2 saturated heterocycles. The highest BCUT2D eigenvalue weighted by Crippen LogP contribution is 2.23. The predicted octanol–water partition coefficient (Wildman–Crippen LogP) is 0.537. The summed E-state index contributed by atoms with van der Waals surface area (Å²) in [5, 5.41) is 5.48. The van der Waals surface area contributed by atoms with Crippen molar-refractivity contribution in [3.63, 3.8) is 0 Å². The van der Waals surface area contributed by atoms with Crippen molar-refractivity contribution in [1.29, 1.82) is 0 Å². The molecule has 160 valence electrons. The molecule has 0 radical (unpaired) electrons. The van der Waals surface area contributed by atoms with E-state index in [1.165, 1.54) is 0 Å². The summed E-state index contributed by atoms with van der Waals surface area (Å²) in [6.07, 6.45) is 1.94. The van der Waals surface area contributed by atoms with Crippen LogP contribution in [0.15, 0.2) is 24.3 Å². The van der Waals surface area contributed by atoms with Gasteiger partial charge in [-0.25, -0.2) is 0 Å². The van der Waals surface area contributed by atoms with Crippen molar-refractivity contribution in [2.45, 2.75) is 25.0 Å². The summed E-state index contributed by atoms with van der Waals surface area (Å²) in [7, 11) is 4.01. The van der Waals surface area contributed by atoms with Gasteiger partial charge in [0.2, 0.25) is 0 Å². The Kier molecular flexibility index (Phi) is 7.85. The minimum atomic E-state index is -0.607. The Morgan fingerprint density at radius 1 is 1.10 bits per heavy atom. The van der Waals surface area contributed by atoms with E-state index < -0.39 is 11.8 Å². The van der Waals surface area contributed by atoms with Gasteiger partial charge in [0.1, 0.15) is 0 Å². The zero-order valence-electron chi connectivity index (χ0n) is 17.4. The van der Waals surface area contributed by atoms with Gasteiger partial charge in [-0.1, -0.05) is 12.1 Å². The predicted molar refractivity (Wildman–Crippen MR) is 111 cm³/mol. The molecule has 0 saturated carbocycles. The molecule has 1 aromatic rings. The molecule has 0 aliphatic carbocycles. The molecule has 0 bridgehead atoms. The van der Waals surface area contributed by atoms with Gasteiger partial charge in [-0.2, -0.15) is 0 Å². The minimum absolute atomic E-state index is 0.00923. The smallest absolute Gasteiger partial charge is 0.309 e. The third-order valence-corrected chi connectivity index (χ3v) is 5.46. The van der Waals surface area contributed by atoms with Gasteiger partial charge in [0.05, 0.1) is 25.4 Å². The summed E-state index contributed by atoms with van der Waals surface area (Å²) in [5.74, 6) is -1.21. The SMILES string of the molecule is CN(C)c1ccc([C@@H](CNC(=O)C(=O)NC[C@H]2CCCO2)N2CCOCC2)cc1. The molecule has 2 amide bonds. The summed E-state index contributed by atoms with van der Waals surface area (Å²) in [4.78, 5) is 28.8. The Hall–Kier alpha value is -2.16. The van der Waals surface area contributed by atoms with E-state index in [4.69, 9.17) is 9.47 Å². The first-order valence-corrected chi connectivity index (χ1v) is 10.3. The van der Waals surface area contributed by atoms with Crippen molar-refractivity contribution < 1.29 is 19.1 Å². The van der Waals surface area contributed by atoms with Crippen molar-refractivity contribution in [2.24, 2.45) is 0 Å². The molecule has 0 spiro atoms. The number of amides is 2. The maximum absolute atomic E-state index is 12.3. The maximum atomic E-state index is 12.3. The lowest BCUT2D eigenvalue weighted by Gasteiger charge is -2.35. The zero-order chi connectivity index (χ0) is 20.6. The Balaban J connectivity index is 1.58. The van der Waals surface area contributed by atoms with Crippen LogP contribution < -0.4 is 15.5 Å². The monoisotopic (exact) mass is 404 g/mol. The van der Waals surface area contributed by atoms with Gasteiger partial charge in [0.25, 0.3) is 0 Å². The maximum Gasteiger partial charge on any atom is 0.309 e. The van der Waals surface area contributed by atoms with Gasteiger partial charge < -0.3 is 25.0 Å². The summed E-state index contributed by atoms with van der Waals surface area (Å²) in [5.41, 5.74) is 2.23. The van der Waals surface area contributed by atoms with Crippen LogP contribution in [0, 0.1) is 0 Å². The van der Waals surface area contributed by atoms with Crippen molar-refractivity contribution in [3.8, 4) is 0 Å². The molecule has 2 heterocycles. The summed E-state index contributed by atoms with van der Waals surface area (Å²) in [6, 6.07) is 8.29. The van der Waals surface area contributed by atoms with Crippen LogP contribution in [0.25, 0.3) is 0 Å². The average molecular weight is 405 g/mol. The highest BCUT2D eigenvalue weighted by atomic mass is 16.5. The molecule has 2 atom stereocenters. The lowest BCUT2D eigenvalue weighted by molar-refractivity contribution is -0.139. The van der Waals surface area contributed by atoms with E-state index >= 15 is 0 Å². The second kappa shape index (κ2) is 10.6. The molecule has 0 aromatic heterocycles. The fourth-order valence-electron chi connectivity index (χ4n) is 3.70. The number of anilines is 1. The largest absolute Gasteiger partial charge is 0.379 e. The number of rotatable bonds is 7. The van der Waals surface area contributed by atoms with Gasteiger partial charge in [-0.05, 0) is 30.5 Å². The van der Waals surface area contributed by atoms with Crippen LogP contribution in [-0.4, -0.2) is 82.9 Å². The first-order chi connectivity index (χ1) is 14.0. The van der Waals surface area contributed by atoms with E-state index in [1.807, 2.05) is 19.0 Å². The second-order valence-corrected chi connectivity index (χ2v) is 7.71. The molecule has 29 heavy (non-hydrogen) atoms. The third-order valence-electron chi connectivity index (χ3n) is 5.46. The van der Waals surface area contributed by atoms with E-state index in [-0.39, 0.29) is 12.1 Å². The van der Waals surface area contributed by atoms with Crippen LogP contribution in [-0.2, 0) is 19.1 Å². The first-order valence-electron chi connectivity index (χ1n) is 10.3. The number of ether oxygens (including phenoxy) is 2. The number of hydrogen-bond donors (Lipinski definition) is 2. The van der Waals surface area contributed by atoms with Gasteiger partial charge in [0, 0.05) is 52.6 Å². The number of carbonyl (C=O) groups excluding carboxylic acids is 2. The topological polar surface area (TPSA) is 83.1 Å². The number of nitrogens with one attached hydrogen (secondary N) is 2. The van der Waals surface area contributed by atoms with Crippen LogP contribution in [0.3, 0.4) is 0 Å². The summed E-state index contributed by atoms with van der Waals surface area (Å²) in [6.45, 7) is 4.39. The molecule has 8 nitrogen and oxygen atoms in total. The number of benzene rings is 1. The quantitative estimate of drug-likeness (QED) is 0.646. The molecule has 0 unspecified atom stereocenters. The van der Waals surface area contributed by atoms with Gasteiger partial charge in [-0.3, -0.25) is 14.5 Å². The molecule has 2 fully saturated rings. The number of morpholine rings is 1. The van der Waals surface area contributed by atoms with E-state index in [0.717, 1.165) is 43.8 Å². The van der Waals surface area contributed by atoms with Crippen LogP contribution in [0.2, 0.25) is 0 Å². The molecular weight excluding hydrogens is 372 g/mol. The Morgan fingerprint density at radius 2 is 1.79 bits per heavy atom. The molecule has 2 N–H and O–H groups in total. The van der Waals surface area contributed by atoms with E-state index in [9.17, 15) is 9.59 Å². The molecular formula is C21H32N4O4. The van der Waals surface area contributed by atoms with E-state index in [1.54, 1.807) is 0 Å². The first kappa shape index (κ1) is 21.5. The van der Waals surface area contributed by atoms with Gasteiger partial charge in [-0.15, -0.1) is 0 Å². The molecule has 1 aromatic carbocycles.